The molecule has 4 atom stereocenters. The van der Waals surface area contributed by atoms with Gasteiger partial charge in [-0.05, 0) is 49.3 Å². The lowest BCUT2D eigenvalue weighted by molar-refractivity contribution is -0.141. The summed E-state index contributed by atoms with van der Waals surface area (Å²) in [5.74, 6) is -1.59. The van der Waals surface area contributed by atoms with Crippen LogP contribution >= 0.6 is 11.6 Å². The number of fused-ring (bicyclic) bond motifs is 2. The summed E-state index contributed by atoms with van der Waals surface area (Å²) in [6.07, 6.45) is 5.17. The maximum absolute atomic E-state index is 12.9. The van der Waals surface area contributed by atoms with Gasteiger partial charge in [-0.25, -0.2) is 4.79 Å². The van der Waals surface area contributed by atoms with Crippen LogP contribution in [0.5, 0.6) is 0 Å². The van der Waals surface area contributed by atoms with Gasteiger partial charge in [0.15, 0.2) is 5.92 Å². The van der Waals surface area contributed by atoms with Crippen molar-refractivity contribution in [2.45, 2.75) is 31.7 Å². The van der Waals surface area contributed by atoms with E-state index in [2.05, 4.69) is 10.3 Å². The molecule has 2 bridgehead atoms. The number of nitriles is 1. The van der Waals surface area contributed by atoms with Crippen molar-refractivity contribution in [3.8, 4) is 6.07 Å². The van der Waals surface area contributed by atoms with Gasteiger partial charge in [-0.3, -0.25) is 24.8 Å². The molecule has 2 aliphatic carbocycles. The number of nitrogens with one attached hydrogen (secondary N) is 1. The molecule has 8 heteroatoms. The zero-order valence-electron chi connectivity index (χ0n) is 14.4. The number of aliphatic imine (C=N–C) groups is 1. The van der Waals surface area contributed by atoms with Gasteiger partial charge >= 0.3 is 6.03 Å². The number of hydrogen-bond acceptors (Lipinski definition) is 5. The fourth-order valence-electron chi connectivity index (χ4n) is 4.44. The smallest absolute Gasteiger partial charge is 0.277 e. The summed E-state index contributed by atoms with van der Waals surface area (Å²) in [5, 5.41) is 11.8. The largest absolute Gasteiger partial charge is 0.331 e. The number of benzene rings is 1. The molecule has 1 aromatic carbocycles. The van der Waals surface area contributed by atoms with Crippen LogP contribution < -0.4 is 5.32 Å². The monoisotopic (exact) mass is 384 g/mol. The Morgan fingerprint density at radius 3 is 2.74 bits per heavy atom. The van der Waals surface area contributed by atoms with E-state index in [9.17, 15) is 14.4 Å². The van der Waals surface area contributed by atoms with E-state index in [1.54, 1.807) is 6.07 Å². The fourth-order valence-corrected chi connectivity index (χ4v) is 4.61. The number of carbonyl (C=O) groups excluding carboxylic acids is 3. The second kappa shape index (κ2) is 6.78. The number of hydrogen-bond donors (Lipinski definition) is 1. The molecule has 1 saturated heterocycles. The Kier molecular flexibility index (Phi) is 4.44. The van der Waals surface area contributed by atoms with Crippen molar-refractivity contribution >= 4 is 41.3 Å². The summed E-state index contributed by atoms with van der Waals surface area (Å²) in [7, 11) is 0. The van der Waals surface area contributed by atoms with E-state index in [4.69, 9.17) is 16.9 Å². The third-order valence-corrected chi connectivity index (χ3v) is 5.95. The van der Waals surface area contributed by atoms with Crippen molar-refractivity contribution < 1.29 is 14.4 Å². The number of carbonyl (C=O) groups is 3. The summed E-state index contributed by atoms with van der Waals surface area (Å²) < 4.78 is 0. The van der Waals surface area contributed by atoms with Crippen molar-refractivity contribution in [1.29, 1.82) is 5.26 Å². The Labute approximate surface area is 161 Å². The van der Waals surface area contributed by atoms with Crippen molar-refractivity contribution in [3.63, 3.8) is 0 Å². The van der Waals surface area contributed by atoms with Crippen molar-refractivity contribution in [3.05, 3.63) is 28.8 Å². The molecule has 3 aliphatic rings. The van der Waals surface area contributed by atoms with Crippen LogP contribution in [-0.4, -0.2) is 35.0 Å². The second-order valence-electron chi connectivity index (χ2n) is 7.27. The van der Waals surface area contributed by atoms with E-state index in [0.717, 1.165) is 25.7 Å². The fraction of sp³-hybridized carbons (Fsp3) is 0.421. The van der Waals surface area contributed by atoms with E-state index < -0.39 is 23.8 Å². The highest BCUT2D eigenvalue weighted by molar-refractivity contribution is 6.31. The molecular weight excluding hydrogens is 368 g/mol. The number of imide groups is 2. The lowest BCUT2D eigenvalue weighted by Crippen LogP contribution is -2.62. The maximum atomic E-state index is 12.9. The molecule has 0 aromatic heterocycles. The van der Waals surface area contributed by atoms with E-state index in [1.165, 1.54) is 23.2 Å². The topological polar surface area (TPSA) is 103 Å². The first kappa shape index (κ1) is 17.7. The predicted molar refractivity (Wildman–Crippen MR) is 97.4 cm³/mol. The number of halogens is 1. The number of amides is 4. The standard InChI is InChI=1S/C19H17ClN4O3/c20-13-4-3-12(8-21)15(7-13)22-9-14-17(25)23-19(27)24(18(14)26)16-6-10-1-2-11(16)5-10/h3-4,7,9-11,14,16H,1-2,5-6H2,(H,23,25,27)/t10-,11-,14+,16-/m0/s1. The third-order valence-electron chi connectivity index (χ3n) is 5.71. The van der Waals surface area contributed by atoms with E-state index in [-0.39, 0.29) is 17.3 Å². The first-order chi connectivity index (χ1) is 13.0. The van der Waals surface area contributed by atoms with Gasteiger partial charge in [0, 0.05) is 17.3 Å². The average molecular weight is 385 g/mol. The molecule has 0 radical (unpaired) electrons. The summed E-state index contributed by atoms with van der Waals surface area (Å²) in [4.78, 5) is 42.8. The van der Waals surface area contributed by atoms with Crippen molar-refractivity contribution in [1.82, 2.24) is 10.2 Å². The molecule has 1 aromatic rings. The van der Waals surface area contributed by atoms with Gasteiger partial charge < -0.3 is 0 Å². The molecule has 0 spiro atoms. The molecule has 138 valence electrons. The number of urea groups is 1. The average Bonchev–Trinajstić information content (AvgIpc) is 3.25. The Hall–Kier alpha value is -2.72. The first-order valence-electron chi connectivity index (χ1n) is 8.89. The SMILES string of the molecule is N#Cc1ccc(Cl)cc1N=C[C@@H]1C(=O)NC(=O)N([C@H]2C[C@H]3CC[C@H]2C3)C1=O. The Morgan fingerprint density at radius 1 is 1.26 bits per heavy atom. The summed E-state index contributed by atoms with van der Waals surface area (Å²) in [5.41, 5.74) is 0.550. The van der Waals surface area contributed by atoms with Crippen LogP contribution in [0.2, 0.25) is 5.02 Å². The minimum absolute atomic E-state index is 0.152. The quantitative estimate of drug-likeness (QED) is 0.639. The lowest BCUT2D eigenvalue weighted by Gasteiger charge is -2.36. The van der Waals surface area contributed by atoms with Crippen LogP contribution in [0.25, 0.3) is 0 Å². The molecule has 27 heavy (non-hydrogen) atoms. The van der Waals surface area contributed by atoms with Crippen LogP contribution in [0.4, 0.5) is 10.5 Å². The summed E-state index contributed by atoms with van der Waals surface area (Å²) in [6, 6.07) is 5.76. The Morgan fingerprint density at radius 2 is 2.07 bits per heavy atom. The van der Waals surface area contributed by atoms with Crippen LogP contribution in [0.15, 0.2) is 23.2 Å². The molecule has 1 aliphatic heterocycles. The molecule has 0 unspecified atom stereocenters. The molecule has 2 saturated carbocycles. The van der Waals surface area contributed by atoms with Crippen molar-refractivity contribution in [2.75, 3.05) is 0 Å². The normalized spacial score (nSPS) is 30.1. The molecule has 4 rings (SSSR count). The predicted octanol–water partition coefficient (Wildman–Crippen LogP) is 2.80. The van der Waals surface area contributed by atoms with Gasteiger partial charge in [-0.15, -0.1) is 0 Å². The van der Waals surface area contributed by atoms with E-state index in [1.807, 2.05) is 6.07 Å². The Bertz CT molecular complexity index is 907. The number of nitrogens with zero attached hydrogens (tertiary/aromatic N) is 3. The molecule has 1 N–H and O–H groups in total. The molecule has 3 fully saturated rings. The number of barbiturate groups is 1. The van der Waals surface area contributed by atoms with Crippen molar-refractivity contribution in [2.24, 2.45) is 22.7 Å². The maximum Gasteiger partial charge on any atom is 0.331 e. The lowest BCUT2D eigenvalue weighted by atomic mass is 9.92. The minimum atomic E-state index is -1.20. The summed E-state index contributed by atoms with van der Waals surface area (Å²) >= 11 is 5.93. The van der Waals surface area contributed by atoms with Gasteiger partial charge in [0.05, 0.1) is 11.3 Å². The first-order valence-corrected chi connectivity index (χ1v) is 9.27. The molecule has 1 heterocycles. The highest BCUT2D eigenvalue weighted by atomic mass is 35.5. The summed E-state index contributed by atoms with van der Waals surface area (Å²) in [6.45, 7) is 0. The van der Waals surface area contributed by atoms with Crippen LogP contribution in [0, 0.1) is 29.1 Å². The van der Waals surface area contributed by atoms with Gasteiger partial charge in [0.1, 0.15) is 6.07 Å². The van der Waals surface area contributed by atoms with Gasteiger partial charge in [-0.1, -0.05) is 18.0 Å². The van der Waals surface area contributed by atoms with Gasteiger partial charge in [-0.2, -0.15) is 5.26 Å². The molecule has 7 nitrogen and oxygen atoms in total. The molecule has 4 amide bonds. The highest BCUT2D eigenvalue weighted by Gasteiger charge is 2.50. The molecular formula is C19H17ClN4O3. The number of rotatable bonds is 3. The zero-order valence-corrected chi connectivity index (χ0v) is 15.1. The van der Waals surface area contributed by atoms with Crippen LogP contribution in [-0.2, 0) is 9.59 Å². The minimum Gasteiger partial charge on any atom is -0.277 e. The van der Waals surface area contributed by atoms with Gasteiger partial charge in [0.2, 0.25) is 11.8 Å². The third kappa shape index (κ3) is 3.10. The van der Waals surface area contributed by atoms with Gasteiger partial charge in [0.25, 0.3) is 0 Å². The Balaban J connectivity index is 1.60. The van der Waals surface area contributed by atoms with Crippen LogP contribution in [0.1, 0.15) is 31.2 Å². The second-order valence-corrected chi connectivity index (χ2v) is 7.71. The van der Waals surface area contributed by atoms with E-state index >= 15 is 0 Å². The zero-order chi connectivity index (χ0) is 19.1. The van der Waals surface area contributed by atoms with E-state index in [0.29, 0.717) is 16.9 Å². The van der Waals surface area contributed by atoms with Crippen LogP contribution in [0.3, 0.4) is 0 Å². The highest BCUT2D eigenvalue weighted by Crippen LogP contribution is 2.47.